The van der Waals surface area contributed by atoms with Crippen molar-refractivity contribution in [3.05, 3.63) is 22.3 Å². The summed E-state index contributed by atoms with van der Waals surface area (Å²) in [4.78, 5) is 20.3. The molecule has 0 aromatic rings. The Morgan fingerprint density at radius 1 is 0.621 bits per heavy atom. The Labute approximate surface area is 178 Å². The average molecular weight is 412 g/mol. The molecule has 0 bridgehead atoms. The van der Waals surface area contributed by atoms with E-state index in [-0.39, 0.29) is 11.5 Å². The van der Waals surface area contributed by atoms with Gasteiger partial charge in [-0.25, -0.2) is 4.79 Å². The summed E-state index contributed by atoms with van der Waals surface area (Å²) in [6, 6.07) is 0. The molecule has 0 aromatic heterocycles. The maximum atomic E-state index is 10.3. The first-order valence-electron chi connectivity index (χ1n) is 12.1. The number of nitro groups is 1. The molecule has 0 amide bonds. The zero-order valence-electron chi connectivity index (χ0n) is 18.6. The van der Waals surface area contributed by atoms with Crippen LogP contribution in [-0.2, 0) is 4.79 Å². The van der Waals surface area contributed by atoms with Crippen molar-refractivity contribution < 1.29 is 14.8 Å². The van der Waals surface area contributed by atoms with E-state index in [0.29, 0.717) is 0 Å². The van der Waals surface area contributed by atoms with Crippen molar-refractivity contribution in [3.8, 4) is 0 Å². The van der Waals surface area contributed by atoms with E-state index in [4.69, 9.17) is 5.11 Å². The number of hydrogen-bond acceptors (Lipinski definition) is 3. The Kier molecular flexibility index (Phi) is 21.8. The van der Waals surface area contributed by atoms with Crippen LogP contribution in [0.4, 0.5) is 0 Å². The Morgan fingerprint density at radius 3 is 1.24 bits per heavy atom. The molecule has 0 fully saturated rings. The minimum Gasteiger partial charge on any atom is -0.478 e. The molecule has 0 heterocycles. The minimum atomic E-state index is -0.846. The first-order valence-corrected chi connectivity index (χ1v) is 12.1. The predicted octanol–water partition coefficient (Wildman–Crippen LogP) is 7.71. The summed E-state index contributed by atoms with van der Waals surface area (Å²) in [7, 11) is 0. The fourth-order valence-electron chi connectivity index (χ4n) is 3.69. The highest BCUT2D eigenvalue weighted by atomic mass is 16.6. The number of hydrogen-bond donors (Lipinski definition) is 1. The van der Waals surface area contributed by atoms with Gasteiger partial charge < -0.3 is 5.11 Å². The SMILES string of the molecule is O=C(O)C=CCCCCCCCCCCCCCCCCCCCCC[N+](=O)[O-]. The number of allylic oxidation sites excluding steroid dienone is 1. The van der Waals surface area contributed by atoms with Crippen molar-refractivity contribution >= 4 is 5.97 Å². The molecule has 0 saturated carbocycles. The van der Waals surface area contributed by atoms with Crippen LogP contribution in [0.5, 0.6) is 0 Å². The van der Waals surface area contributed by atoms with Gasteiger partial charge in [-0.1, -0.05) is 109 Å². The van der Waals surface area contributed by atoms with Crippen LogP contribution in [0.2, 0.25) is 0 Å². The quantitative estimate of drug-likeness (QED) is 0.0808. The van der Waals surface area contributed by atoms with Gasteiger partial charge in [-0.2, -0.15) is 0 Å². The van der Waals surface area contributed by atoms with Crippen molar-refractivity contribution in [3.63, 3.8) is 0 Å². The molecule has 0 aromatic carbocycles. The number of carbonyl (C=O) groups is 1. The lowest BCUT2D eigenvalue weighted by molar-refractivity contribution is -0.480. The van der Waals surface area contributed by atoms with E-state index in [1.807, 2.05) is 0 Å². The van der Waals surface area contributed by atoms with Gasteiger partial charge in [0.15, 0.2) is 0 Å². The highest BCUT2D eigenvalue weighted by Gasteiger charge is 1.97. The van der Waals surface area contributed by atoms with Crippen molar-refractivity contribution in [1.82, 2.24) is 0 Å². The highest BCUT2D eigenvalue weighted by Crippen LogP contribution is 2.14. The third-order valence-electron chi connectivity index (χ3n) is 5.47. The first-order chi connectivity index (χ1) is 14.1. The summed E-state index contributed by atoms with van der Waals surface area (Å²) in [6.07, 6.45) is 27.9. The van der Waals surface area contributed by atoms with E-state index in [0.717, 1.165) is 32.1 Å². The molecule has 170 valence electrons. The van der Waals surface area contributed by atoms with Gasteiger partial charge in [0.1, 0.15) is 0 Å². The molecule has 0 rings (SSSR count). The van der Waals surface area contributed by atoms with Gasteiger partial charge in [-0.3, -0.25) is 10.1 Å². The largest absolute Gasteiger partial charge is 0.478 e. The van der Waals surface area contributed by atoms with Crippen molar-refractivity contribution in [2.45, 2.75) is 128 Å². The van der Waals surface area contributed by atoms with E-state index in [1.165, 1.54) is 102 Å². The van der Waals surface area contributed by atoms with Crippen LogP contribution < -0.4 is 0 Å². The molecule has 0 radical (unpaired) electrons. The number of carboxylic acid groups (broad SMARTS) is 1. The highest BCUT2D eigenvalue weighted by molar-refractivity contribution is 5.79. The summed E-state index contributed by atoms with van der Waals surface area (Å²) in [5, 5.41) is 18.7. The van der Waals surface area contributed by atoms with E-state index in [2.05, 4.69) is 0 Å². The molecule has 5 heteroatoms. The zero-order valence-corrected chi connectivity index (χ0v) is 18.6. The van der Waals surface area contributed by atoms with Crippen LogP contribution in [-0.4, -0.2) is 22.5 Å². The summed E-state index contributed by atoms with van der Waals surface area (Å²) in [6.45, 7) is 0.135. The Bertz CT molecular complexity index is 410. The van der Waals surface area contributed by atoms with Crippen molar-refractivity contribution in [2.24, 2.45) is 0 Å². The second kappa shape index (κ2) is 22.9. The van der Waals surface area contributed by atoms with Gasteiger partial charge in [-0.15, -0.1) is 0 Å². The monoisotopic (exact) mass is 411 g/mol. The summed E-state index contributed by atoms with van der Waals surface area (Å²) >= 11 is 0. The zero-order chi connectivity index (χ0) is 21.4. The molecule has 29 heavy (non-hydrogen) atoms. The first kappa shape index (κ1) is 27.6. The normalized spacial score (nSPS) is 11.3. The molecule has 0 aliphatic heterocycles. The van der Waals surface area contributed by atoms with Crippen LogP contribution in [0.3, 0.4) is 0 Å². The molecule has 0 saturated heterocycles. The predicted molar refractivity (Wildman–Crippen MR) is 121 cm³/mol. The lowest BCUT2D eigenvalue weighted by Gasteiger charge is -2.04. The topological polar surface area (TPSA) is 80.4 Å². The Balaban J connectivity index is 3.05. The van der Waals surface area contributed by atoms with Crippen LogP contribution in [0.15, 0.2) is 12.2 Å². The van der Waals surface area contributed by atoms with Crippen LogP contribution in [0.1, 0.15) is 128 Å². The van der Waals surface area contributed by atoms with Gasteiger partial charge in [0, 0.05) is 17.4 Å². The molecular formula is C24H45NO4. The third kappa shape index (κ3) is 26.6. The molecular weight excluding hydrogens is 366 g/mol. The smallest absolute Gasteiger partial charge is 0.327 e. The van der Waals surface area contributed by atoms with Gasteiger partial charge in [-0.05, 0) is 19.3 Å². The lowest BCUT2D eigenvalue weighted by Crippen LogP contribution is -1.99. The maximum absolute atomic E-state index is 10.3. The van der Waals surface area contributed by atoms with Gasteiger partial charge in [0.2, 0.25) is 6.54 Å². The van der Waals surface area contributed by atoms with Crippen LogP contribution >= 0.6 is 0 Å². The maximum Gasteiger partial charge on any atom is 0.327 e. The second-order valence-corrected chi connectivity index (χ2v) is 8.30. The Hall–Kier alpha value is -1.39. The molecule has 1 N–H and O–H groups in total. The molecule has 0 aliphatic carbocycles. The summed E-state index contributed by atoms with van der Waals surface area (Å²) < 4.78 is 0. The molecule has 0 aliphatic rings. The van der Waals surface area contributed by atoms with Crippen LogP contribution in [0, 0.1) is 10.1 Å². The third-order valence-corrected chi connectivity index (χ3v) is 5.47. The Morgan fingerprint density at radius 2 is 0.931 bits per heavy atom. The fraction of sp³-hybridized carbons (Fsp3) is 0.875. The number of aliphatic carboxylic acids is 1. The number of nitrogens with zero attached hydrogens (tertiary/aromatic N) is 1. The van der Waals surface area contributed by atoms with Gasteiger partial charge in [0.25, 0.3) is 0 Å². The standard InChI is InChI=1S/C24H45NO4/c26-24(27)22-20-18-16-14-12-10-8-6-4-2-1-3-5-7-9-11-13-15-17-19-21-23-25(28)29/h20,22H,1-19,21,23H2,(H,26,27). The second-order valence-electron chi connectivity index (χ2n) is 8.30. The molecule has 0 unspecified atom stereocenters. The minimum absolute atomic E-state index is 0.135. The molecule has 0 spiro atoms. The summed E-state index contributed by atoms with van der Waals surface area (Å²) in [5.74, 6) is -0.846. The molecule has 0 atom stereocenters. The van der Waals surface area contributed by atoms with E-state index < -0.39 is 5.97 Å². The lowest BCUT2D eigenvalue weighted by atomic mass is 10.0. The average Bonchev–Trinajstić information content (AvgIpc) is 2.68. The van der Waals surface area contributed by atoms with Gasteiger partial charge >= 0.3 is 5.97 Å². The van der Waals surface area contributed by atoms with Crippen molar-refractivity contribution in [2.75, 3.05) is 6.54 Å². The molecule has 5 nitrogen and oxygen atoms in total. The van der Waals surface area contributed by atoms with Crippen molar-refractivity contribution in [1.29, 1.82) is 0 Å². The summed E-state index contributed by atoms with van der Waals surface area (Å²) in [5.41, 5.74) is 0. The van der Waals surface area contributed by atoms with Gasteiger partial charge in [0.05, 0.1) is 0 Å². The van der Waals surface area contributed by atoms with E-state index in [1.54, 1.807) is 6.08 Å². The van der Waals surface area contributed by atoms with Crippen LogP contribution in [0.25, 0.3) is 0 Å². The van der Waals surface area contributed by atoms with E-state index in [9.17, 15) is 14.9 Å². The van der Waals surface area contributed by atoms with E-state index >= 15 is 0 Å². The number of carboxylic acids is 1. The number of unbranched alkanes of at least 4 members (excludes halogenated alkanes) is 19. The number of rotatable bonds is 23. The fourth-order valence-corrected chi connectivity index (χ4v) is 3.69.